The van der Waals surface area contributed by atoms with Crippen LogP contribution in [0, 0.1) is 0 Å². The number of carbonyl (C=O) groups is 1. The number of hydrogen-bond donors (Lipinski definition) is 1. The standard InChI is InChI=1S/C13H22N2O3S/c1-19(17,18)13(6-7-13)9-14-12(16)11-3-2-8-15(11)10-4-5-10/h10-11H,2-9H2,1H3,(H,14,16)/t11-/m0/s1. The van der Waals surface area contributed by atoms with E-state index >= 15 is 0 Å². The highest BCUT2D eigenvalue weighted by Crippen LogP contribution is 2.42. The summed E-state index contributed by atoms with van der Waals surface area (Å²) in [7, 11) is -3.06. The third kappa shape index (κ3) is 2.52. The molecular weight excluding hydrogens is 264 g/mol. The van der Waals surface area contributed by atoms with Crippen molar-refractivity contribution in [1.82, 2.24) is 10.2 Å². The van der Waals surface area contributed by atoms with Crippen molar-refractivity contribution in [2.75, 3.05) is 19.3 Å². The Kier molecular flexibility index (Phi) is 3.13. The molecule has 1 N–H and O–H groups in total. The lowest BCUT2D eigenvalue weighted by molar-refractivity contribution is -0.125. The van der Waals surface area contributed by atoms with Crippen molar-refractivity contribution >= 4 is 15.7 Å². The lowest BCUT2D eigenvalue weighted by Gasteiger charge is -2.24. The number of nitrogens with one attached hydrogen (secondary N) is 1. The van der Waals surface area contributed by atoms with Gasteiger partial charge in [0.25, 0.3) is 0 Å². The smallest absolute Gasteiger partial charge is 0.237 e. The van der Waals surface area contributed by atoms with Gasteiger partial charge in [-0.15, -0.1) is 0 Å². The van der Waals surface area contributed by atoms with E-state index in [1.807, 2.05) is 0 Å². The molecule has 5 nitrogen and oxygen atoms in total. The second-order valence-corrected chi connectivity index (χ2v) is 8.71. The first-order chi connectivity index (χ1) is 8.93. The molecule has 0 aromatic carbocycles. The summed E-state index contributed by atoms with van der Waals surface area (Å²) in [5.41, 5.74) is 0. The number of nitrogens with zero attached hydrogens (tertiary/aromatic N) is 1. The fourth-order valence-corrected chi connectivity index (χ4v) is 4.28. The molecule has 1 heterocycles. The fraction of sp³-hybridized carbons (Fsp3) is 0.923. The molecule has 1 saturated heterocycles. The first-order valence-electron chi connectivity index (χ1n) is 7.16. The topological polar surface area (TPSA) is 66.5 Å². The van der Waals surface area contributed by atoms with Crippen LogP contribution in [0.2, 0.25) is 0 Å². The maximum Gasteiger partial charge on any atom is 0.237 e. The maximum atomic E-state index is 12.2. The number of likely N-dealkylation sites (tertiary alicyclic amines) is 1. The van der Waals surface area contributed by atoms with E-state index in [9.17, 15) is 13.2 Å². The fourth-order valence-electron chi connectivity index (χ4n) is 3.10. The Balaban J connectivity index is 1.57. The quantitative estimate of drug-likeness (QED) is 0.790. The summed E-state index contributed by atoms with van der Waals surface area (Å²) in [5, 5.41) is 2.89. The molecule has 0 spiro atoms. The Labute approximate surface area is 114 Å². The summed E-state index contributed by atoms with van der Waals surface area (Å²) in [6, 6.07) is 0.575. The largest absolute Gasteiger partial charge is 0.353 e. The summed E-state index contributed by atoms with van der Waals surface area (Å²) in [5.74, 6) is 0.0272. The van der Waals surface area contributed by atoms with Gasteiger partial charge in [0.1, 0.15) is 0 Å². The van der Waals surface area contributed by atoms with Gasteiger partial charge in [-0.05, 0) is 45.1 Å². The van der Waals surface area contributed by atoms with Crippen LogP contribution in [0.1, 0.15) is 38.5 Å². The Hall–Kier alpha value is -0.620. The number of carbonyl (C=O) groups excluding carboxylic acids is 1. The van der Waals surface area contributed by atoms with Crippen molar-refractivity contribution in [1.29, 1.82) is 0 Å². The second-order valence-electron chi connectivity index (χ2n) is 6.30. The van der Waals surface area contributed by atoms with Gasteiger partial charge in [-0.3, -0.25) is 9.69 Å². The summed E-state index contributed by atoms with van der Waals surface area (Å²) in [6.07, 6.45) is 7.04. The van der Waals surface area contributed by atoms with Crippen molar-refractivity contribution in [2.45, 2.75) is 55.4 Å². The normalized spacial score (nSPS) is 30.3. The molecule has 2 saturated carbocycles. The molecule has 0 aromatic heterocycles. The molecule has 3 rings (SSSR count). The molecule has 6 heteroatoms. The minimum Gasteiger partial charge on any atom is -0.353 e. The Morgan fingerprint density at radius 2 is 2.00 bits per heavy atom. The van der Waals surface area contributed by atoms with E-state index in [0.717, 1.165) is 19.4 Å². The zero-order chi connectivity index (χ0) is 13.7. The molecule has 0 bridgehead atoms. The summed E-state index contributed by atoms with van der Waals surface area (Å²) in [4.78, 5) is 14.5. The van der Waals surface area contributed by atoms with Gasteiger partial charge in [-0.25, -0.2) is 8.42 Å². The molecule has 1 amide bonds. The van der Waals surface area contributed by atoms with Gasteiger partial charge < -0.3 is 5.32 Å². The van der Waals surface area contributed by atoms with Crippen molar-refractivity contribution in [3.8, 4) is 0 Å². The number of sulfone groups is 1. The first-order valence-corrected chi connectivity index (χ1v) is 9.05. The molecule has 3 aliphatic rings. The van der Waals surface area contributed by atoms with E-state index in [4.69, 9.17) is 0 Å². The lowest BCUT2D eigenvalue weighted by Crippen LogP contribution is -2.47. The third-order valence-corrected chi connectivity index (χ3v) is 6.92. The SMILES string of the molecule is CS(=O)(=O)C1(CNC(=O)[C@@H]2CCCN2C2CC2)CC1. The van der Waals surface area contributed by atoms with Gasteiger partial charge in [-0.1, -0.05) is 0 Å². The molecule has 0 aromatic rings. The second kappa shape index (κ2) is 4.45. The zero-order valence-corrected chi connectivity index (χ0v) is 12.2. The average Bonchev–Trinajstić information content (AvgIpc) is 3.24. The van der Waals surface area contributed by atoms with Crippen molar-refractivity contribution in [3.63, 3.8) is 0 Å². The van der Waals surface area contributed by atoms with Crippen LogP contribution in [-0.2, 0) is 14.6 Å². The molecule has 0 unspecified atom stereocenters. The molecule has 1 aliphatic heterocycles. The monoisotopic (exact) mass is 286 g/mol. The molecular formula is C13H22N2O3S. The lowest BCUT2D eigenvalue weighted by atomic mass is 10.2. The predicted molar refractivity (Wildman–Crippen MR) is 72.6 cm³/mol. The minimum atomic E-state index is -3.06. The molecule has 2 aliphatic carbocycles. The van der Waals surface area contributed by atoms with E-state index in [1.54, 1.807) is 0 Å². The highest BCUT2D eigenvalue weighted by Gasteiger charge is 2.52. The summed E-state index contributed by atoms with van der Waals surface area (Å²) < 4.78 is 22.7. The Morgan fingerprint density at radius 1 is 1.32 bits per heavy atom. The van der Waals surface area contributed by atoms with Crippen LogP contribution in [0.25, 0.3) is 0 Å². The van der Waals surface area contributed by atoms with Gasteiger partial charge in [-0.2, -0.15) is 0 Å². The van der Waals surface area contributed by atoms with E-state index in [-0.39, 0.29) is 11.9 Å². The van der Waals surface area contributed by atoms with Crippen LogP contribution in [0.5, 0.6) is 0 Å². The van der Waals surface area contributed by atoms with Crippen molar-refractivity contribution < 1.29 is 13.2 Å². The van der Waals surface area contributed by atoms with Crippen LogP contribution >= 0.6 is 0 Å². The van der Waals surface area contributed by atoms with Crippen LogP contribution in [0.3, 0.4) is 0 Å². The van der Waals surface area contributed by atoms with Gasteiger partial charge in [0.2, 0.25) is 5.91 Å². The molecule has 108 valence electrons. The Bertz CT molecular complexity index is 480. The van der Waals surface area contributed by atoms with Crippen molar-refractivity contribution in [2.24, 2.45) is 0 Å². The summed E-state index contributed by atoms with van der Waals surface area (Å²) in [6.45, 7) is 1.31. The van der Waals surface area contributed by atoms with Crippen LogP contribution in [0.4, 0.5) is 0 Å². The molecule has 19 heavy (non-hydrogen) atoms. The van der Waals surface area contributed by atoms with Gasteiger partial charge >= 0.3 is 0 Å². The van der Waals surface area contributed by atoms with Crippen LogP contribution in [0.15, 0.2) is 0 Å². The maximum absolute atomic E-state index is 12.2. The Morgan fingerprint density at radius 3 is 2.53 bits per heavy atom. The molecule has 0 radical (unpaired) electrons. The van der Waals surface area contributed by atoms with Gasteiger partial charge in [0.15, 0.2) is 9.84 Å². The third-order valence-electron chi connectivity index (χ3n) is 4.79. The molecule has 3 fully saturated rings. The molecule has 1 atom stereocenters. The van der Waals surface area contributed by atoms with Crippen LogP contribution < -0.4 is 5.32 Å². The average molecular weight is 286 g/mol. The predicted octanol–water partition coefficient (Wildman–Crippen LogP) is 0.307. The first kappa shape index (κ1) is 13.4. The van der Waals surface area contributed by atoms with Crippen molar-refractivity contribution in [3.05, 3.63) is 0 Å². The number of amides is 1. The highest BCUT2D eigenvalue weighted by atomic mass is 32.2. The number of hydrogen-bond acceptors (Lipinski definition) is 4. The van der Waals surface area contributed by atoms with Crippen LogP contribution in [-0.4, -0.2) is 55.4 Å². The van der Waals surface area contributed by atoms with E-state index in [2.05, 4.69) is 10.2 Å². The minimum absolute atomic E-state index is 0.0251. The van der Waals surface area contributed by atoms with E-state index < -0.39 is 14.6 Å². The van der Waals surface area contributed by atoms with E-state index in [0.29, 0.717) is 25.4 Å². The number of rotatable bonds is 5. The highest BCUT2D eigenvalue weighted by molar-refractivity contribution is 7.92. The van der Waals surface area contributed by atoms with E-state index in [1.165, 1.54) is 19.1 Å². The summed E-state index contributed by atoms with van der Waals surface area (Å²) >= 11 is 0. The zero-order valence-electron chi connectivity index (χ0n) is 11.4. The van der Waals surface area contributed by atoms with Gasteiger partial charge in [0, 0.05) is 18.8 Å². The van der Waals surface area contributed by atoms with Gasteiger partial charge in [0.05, 0.1) is 10.8 Å².